The Kier molecular flexibility index (Phi) is 7.86. The highest BCUT2D eigenvalue weighted by molar-refractivity contribution is 5.99. The zero-order valence-electron chi connectivity index (χ0n) is 22.9. The summed E-state index contributed by atoms with van der Waals surface area (Å²) in [4.78, 5) is 42.7. The van der Waals surface area contributed by atoms with Gasteiger partial charge in [0.2, 0.25) is 0 Å². The van der Waals surface area contributed by atoms with E-state index in [1.54, 1.807) is 12.1 Å². The first-order valence-electron chi connectivity index (χ1n) is 13.3. The van der Waals surface area contributed by atoms with Crippen LogP contribution in [0.15, 0.2) is 42.6 Å². The summed E-state index contributed by atoms with van der Waals surface area (Å²) in [6.45, 7) is 3.72. The highest BCUT2D eigenvalue weighted by Crippen LogP contribution is 2.35. The fourth-order valence-electron chi connectivity index (χ4n) is 5.15. The molecule has 0 unspecified atom stereocenters. The Morgan fingerprint density at radius 3 is 2.49 bits per heavy atom. The standard InChI is InChI=1S/C29H25F5N6O3/c1-3-35-26(41)17-5-6-18-16(14(17)2)7-9-22(18)39-28(43)24-11-23(38-25-21(31)13-37-40(24)25)27(42)36-12-15-4-8-20(30)19(10-15)29(32,33)34/h4-6,8,10-11,13,22H,3,7,9,12H2,1-2H3,(H,35,41)(H,36,42)(H,39,43)/t22-/m0/s1. The molecule has 4 aromatic rings. The van der Waals surface area contributed by atoms with Crippen molar-refractivity contribution in [2.45, 2.75) is 45.5 Å². The van der Waals surface area contributed by atoms with Gasteiger partial charge >= 0.3 is 6.18 Å². The Hall–Kier alpha value is -4.88. The summed E-state index contributed by atoms with van der Waals surface area (Å²) in [6, 6.07) is 6.42. The molecule has 2 aromatic heterocycles. The monoisotopic (exact) mass is 600 g/mol. The number of benzene rings is 2. The molecule has 3 amide bonds. The molecule has 1 aliphatic rings. The molecule has 0 saturated heterocycles. The average molecular weight is 601 g/mol. The SMILES string of the molecule is CCNC(=O)c1ccc2c(c1C)CC[C@@H]2NC(=O)c1cc(C(=O)NCc2ccc(F)c(C(F)(F)F)c2)nc2c(F)cnn12. The molecule has 3 N–H and O–H groups in total. The minimum Gasteiger partial charge on any atom is -0.352 e. The van der Waals surface area contributed by atoms with Gasteiger partial charge in [-0.3, -0.25) is 14.4 Å². The summed E-state index contributed by atoms with van der Waals surface area (Å²) in [5.74, 6) is -4.14. The van der Waals surface area contributed by atoms with Crippen LogP contribution in [-0.4, -0.2) is 38.9 Å². The fraction of sp³-hybridized carbons (Fsp3) is 0.276. The molecule has 0 bridgehead atoms. The third kappa shape index (κ3) is 5.76. The number of alkyl halides is 3. The number of amides is 3. The van der Waals surface area contributed by atoms with Gasteiger partial charge in [0.15, 0.2) is 11.5 Å². The van der Waals surface area contributed by atoms with E-state index in [1.807, 2.05) is 13.8 Å². The van der Waals surface area contributed by atoms with E-state index < -0.39 is 53.4 Å². The second-order valence-electron chi connectivity index (χ2n) is 9.98. The number of hydrogen-bond donors (Lipinski definition) is 3. The molecule has 1 aliphatic carbocycles. The van der Waals surface area contributed by atoms with E-state index in [0.29, 0.717) is 37.1 Å². The van der Waals surface area contributed by atoms with Crippen LogP contribution in [-0.2, 0) is 19.1 Å². The van der Waals surface area contributed by atoms with Gasteiger partial charge in [0, 0.05) is 24.7 Å². The summed E-state index contributed by atoms with van der Waals surface area (Å²) in [6.07, 6.45) is -2.96. The van der Waals surface area contributed by atoms with Gasteiger partial charge in [-0.05, 0) is 67.1 Å². The minimum atomic E-state index is -4.93. The topological polar surface area (TPSA) is 117 Å². The highest BCUT2D eigenvalue weighted by atomic mass is 19.4. The van der Waals surface area contributed by atoms with Crippen LogP contribution in [0.1, 0.15) is 78.5 Å². The minimum absolute atomic E-state index is 0.0397. The summed E-state index contributed by atoms with van der Waals surface area (Å²) in [5.41, 5.74) is 0.594. The van der Waals surface area contributed by atoms with Crippen LogP contribution in [0.2, 0.25) is 0 Å². The number of carbonyl (C=O) groups excluding carboxylic acids is 3. The largest absolute Gasteiger partial charge is 0.419 e. The van der Waals surface area contributed by atoms with Crippen LogP contribution in [0, 0.1) is 18.6 Å². The van der Waals surface area contributed by atoms with Crippen LogP contribution in [0.4, 0.5) is 22.0 Å². The molecule has 0 radical (unpaired) electrons. The number of fused-ring (bicyclic) bond motifs is 2. The van der Waals surface area contributed by atoms with Crippen molar-refractivity contribution in [1.82, 2.24) is 30.5 Å². The van der Waals surface area contributed by atoms with Crippen molar-refractivity contribution in [2.75, 3.05) is 6.54 Å². The molecule has 1 atom stereocenters. The predicted molar refractivity (Wildman–Crippen MR) is 143 cm³/mol. The smallest absolute Gasteiger partial charge is 0.352 e. The molecule has 9 nitrogen and oxygen atoms in total. The zero-order valence-corrected chi connectivity index (χ0v) is 22.9. The number of carbonyl (C=O) groups is 3. The zero-order chi connectivity index (χ0) is 31.1. The van der Waals surface area contributed by atoms with Crippen LogP contribution >= 0.6 is 0 Å². The van der Waals surface area contributed by atoms with Gasteiger partial charge < -0.3 is 16.0 Å². The normalized spacial score (nSPS) is 14.4. The van der Waals surface area contributed by atoms with E-state index in [1.165, 1.54) is 0 Å². The van der Waals surface area contributed by atoms with Crippen molar-refractivity contribution in [3.8, 4) is 0 Å². The van der Waals surface area contributed by atoms with E-state index in [4.69, 9.17) is 0 Å². The summed E-state index contributed by atoms with van der Waals surface area (Å²) < 4.78 is 68.2. The predicted octanol–water partition coefficient (Wildman–Crippen LogP) is 4.43. The maximum absolute atomic E-state index is 14.5. The lowest BCUT2D eigenvalue weighted by Crippen LogP contribution is -2.31. The average Bonchev–Trinajstić information content (AvgIpc) is 3.55. The van der Waals surface area contributed by atoms with Crippen molar-refractivity contribution in [1.29, 1.82) is 0 Å². The molecular formula is C29H25F5N6O3. The molecular weight excluding hydrogens is 575 g/mol. The first-order valence-corrected chi connectivity index (χ1v) is 13.3. The Bertz CT molecular complexity index is 1770. The van der Waals surface area contributed by atoms with Crippen molar-refractivity contribution < 1.29 is 36.3 Å². The lowest BCUT2D eigenvalue weighted by Gasteiger charge is -2.17. The Morgan fingerprint density at radius 2 is 1.77 bits per heavy atom. The lowest BCUT2D eigenvalue weighted by molar-refractivity contribution is -0.140. The van der Waals surface area contributed by atoms with Gasteiger partial charge in [0.25, 0.3) is 17.7 Å². The molecule has 224 valence electrons. The van der Waals surface area contributed by atoms with E-state index in [2.05, 4.69) is 26.0 Å². The summed E-state index contributed by atoms with van der Waals surface area (Å²) in [7, 11) is 0. The lowest BCUT2D eigenvalue weighted by atomic mass is 9.97. The van der Waals surface area contributed by atoms with Crippen LogP contribution < -0.4 is 16.0 Å². The first kappa shape index (κ1) is 29.6. The molecule has 43 heavy (non-hydrogen) atoms. The van der Waals surface area contributed by atoms with E-state index in [-0.39, 0.29) is 22.9 Å². The maximum Gasteiger partial charge on any atom is 0.419 e. The van der Waals surface area contributed by atoms with Crippen LogP contribution in [0.25, 0.3) is 5.65 Å². The molecule has 2 heterocycles. The van der Waals surface area contributed by atoms with Crippen molar-refractivity contribution in [3.05, 3.63) is 99.0 Å². The first-order chi connectivity index (χ1) is 20.4. The van der Waals surface area contributed by atoms with Gasteiger partial charge in [0.05, 0.1) is 17.8 Å². The van der Waals surface area contributed by atoms with E-state index >= 15 is 0 Å². The van der Waals surface area contributed by atoms with Gasteiger partial charge in [-0.2, -0.15) is 18.3 Å². The molecule has 5 rings (SSSR count). The quantitative estimate of drug-likeness (QED) is 0.272. The van der Waals surface area contributed by atoms with Crippen molar-refractivity contribution in [3.63, 3.8) is 0 Å². The molecule has 0 aliphatic heterocycles. The van der Waals surface area contributed by atoms with E-state index in [0.717, 1.165) is 39.5 Å². The molecule has 0 saturated carbocycles. The number of aromatic nitrogens is 3. The Balaban J connectivity index is 1.38. The third-order valence-electron chi connectivity index (χ3n) is 7.26. The third-order valence-corrected chi connectivity index (χ3v) is 7.26. The number of hydrogen-bond acceptors (Lipinski definition) is 5. The Morgan fingerprint density at radius 1 is 1.00 bits per heavy atom. The fourth-order valence-corrected chi connectivity index (χ4v) is 5.15. The van der Waals surface area contributed by atoms with Crippen molar-refractivity contribution >= 4 is 23.4 Å². The number of nitrogens with zero attached hydrogens (tertiary/aromatic N) is 3. The van der Waals surface area contributed by atoms with Crippen molar-refractivity contribution in [2.24, 2.45) is 0 Å². The summed E-state index contributed by atoms with van der Waals surface area (Å²) in [5, 5.41) is 11.9. The van der Waals surface area contributed by atoms with Crippen LogP contribution in [0.3, 0.4) is 0 Å². The molecule has 0 spiro atoms. The second-order valence-corrected chi connectivity index (χ2v) is 9.98. The number of nitrogens with one attached hydrogen (secondary N) is 3. The van der Waals surface area contributed by atoms with E-state index in [9.17, 15) is 36.3 Å². The maximum atomic E-state index is 14.5. The van der Waals surface area contributed by atoms with Gasteiger partial charge in [-0.15, -0.1) is 0 Å². The van der Waals surface area contributed by atoms with Gasteiger partial charge in [-0.25, -0.2) is 18.3 Å². The number of rotatable bonds is 7. The highest BCUT2D eigenvalue weighted by Gasteiger charge is 2.34. The second kappa shape index (κ2) is 11.4. The molecule has 0 fully saturated rings. The number of halogens is 5. The van der Waals surface area contributed by atoms with Crippen LogP contribution in [0.5, 0.6) is 0 Å². The molecule has 2 aromatic carbocycles. The summed E-state index contributed by atoms with van der Waals surface area (Å²) >= 11 is 0. The Labute approximate surface area is 241 Å². The van der Waals surface area contributed by atoms with Gasteiger partial charge in [0.1, 0.15) is 17.2 Å². The molecule has 14 heteroatoms. The van der Waals surface area contributed by atoms with Gasteiger partial charge in [-0.1, -0.05) is 12.1 Å².